The SMILES string of the molecule is CC1C=Cc2c(n3c4ccc5c(c4c4cccc2c43)C(C)(C)c2c-5ccc3c2c2cccc4c5c(n3c42)=CCC(C)C=5c2cccc3c2c2cccc4c5c6oc7c(ccc8c7c7cccc9c%10ccccc%10n8c97)c6ccc5n3c24)C1. The van der Waals surface area contributed by atoms with Gasteiger partial charge in [0.2, 0.25) is 0 Å². The van der Waals surface area contributed by atoms with E-state index < -0.39 is 0 Å². The van der Waals surface area contributed by atoms with E-state index in [9.17, 15) is 0 Å². The van der Waals surface area contributed by atoms with Crippen molar-refractivity contribution in [2.45, 2.75) is 46.0 Å². The minimum absolute atomic E-state index is 0.247. The average Bonchev–Trinajstić information content (AvgIpc) is 1.95. The van der Waals surface area contributed by atoms with Crippen LogP contribution in [-0.4, -0.2) is 17.6 Å². The van der Waals surface area contributed by atoms with Crippen molar-refractivity contribution < 1.29 is 4.42 Å². The van der Waals surface area contributed by atoms with Gasteiger partial charge in [-0.2, -0.15) is 0 Å². The van der Waals surface area contributed by atoms with Gasteiger partial charge in [0.15, 0.2) is 0 Å². The first-order valence-electron chi connectivity index (χ1n) is 29.5. The van der Waals surface area contributed by atoms with Crippen molar-refractivity contribution in [1.82, 2.24) is 17.6 Å². The van der Waals surface area contributed by atoms with Gasteiger partial charge < -0.3 is 22.0 Å². The lowest BCUT2D eigenvalue weighted by molar-refractivity contribution is 0.672. The van der Waals surface area contributed by atoms with Gasteiger partial charge in [0.1, 0.15) is 11.2 Å². The smallest absolute Gasteiger partial charge is 0.145 e. The molecule has 3 aliphatic carbocycles. The molecule has 5 nitrogen and oxygen atoms in total. The van der Waals surface area contributed by atoms with Gasteiger partial charge in [0.25, 0.3) is 0 Å². The largest absolute Gasteiger partial charge is 0.455 e. The van der Waals surface area contributed by atoms with E-state index in [1.807, 2.05) is 0 Å². The minimum atomic E-state index is -0.247. The highest BCUT2D eigenvalue weighted by molar-refractivity contribution is 6.34. The van der Waals surface area contributed by atoms with Gasteiger partial charge in [-0.3, -0.25) is 0 Å². The quantitative estimate of drug-likeness (QED) is 0.161. The van der Waals surface area contributed by atoms with Crippen molar-refractivity contribution in [2.75, 3.05) is 0 Å². The number of hydrogen-bond acceptors (Lipinski definition) is 1. The van der Waals surface area contributed by atoms with Crippen molar-refractivity contribution in [3.05, 3.63) is 208 Å². The third-order valence-electron chi connectivity index (χ3n) is 21.2. The fourth-order valence-electron chi connectivity index (χ4n) is 18.3. The number of para-hydroxylation sites is 5. The predicted octanol–water partition coefficient (Wildman–Crippen LogP) is 18.4. The normalized spacial score (nSPS) is 17.3. The number of benzene rings is 10. The Balaban J connectivity index is 0.774. The Morgan fingerprint density at radius 2 is 0.915 bits per heavy atom. The summed E-state index contributed by atoms with van der Waals surface area (Å²) in [5, 5.41) is 23.4. The summed E-state index contributed by atoms with van der Waals surface area (Å²) in [6.45, 7) is 9.83. The van der Waals surface area contributed by atoms with Gasteiger partial charge in [0, 0.05) is 97.3 Å². The molecule has 0 N–H and O–H groups in total. The number of hydrogen-bond donors (Lipinski definition) is 0. The molecule has 0 bridgehead atoms. The number of aromatic nitrogens is 4. The molecule has 10 aromatic carbocycles. The Bertz CT molecular complexity index is 6440. The zero-order valence-corrected chi connectivity index (χ0v) is 45.6. The predicted molar refractivity (Wildman–Crippen MR) is 343 cm³/mol. The second-order valence-corrected chi connectivity index (χ2v) is 25.4. The maximum Gasteiger partial charge on any atom is 0.145 e. The number of allylic oxidation sites excluding steroid dienone is 1. The van der Waals surface area contributed by atoms with Gasteiger partial charge in [-0.15, -0.1) is 0 Å². The molecule has 0 spiro atoms. The molecular formula is C77H48N4O. The third-order valence-corrected chi connectivity index (χ3v) is 21.2. The van der Waals surface area contributed by atoms with Gasteiger partial charge in [-0.1, -0.05) is 161 Å². The molecule has 0 fully saturated rings. The van der Waals surface area contributed by atoms with Crippen molar-refractivity contribution >= 4 is 170 Å². The second-order valence-electron chi connectivity index (χ2n) is 25.4. The van der Waals surface area contributed by atoms with E-state index in [0.717, 1.165) is 34.8 Å². The summed E-state index contributed by atoms with van der Waals surface area (Å²) < 4.78 is 17.6. The molecular weight excluding hydrogens is 997 g/mol. The topological polar surface area (TPSA) is 30.8 Å². The maximum absolute atomic E-state index is 7.35. The van der Waals surface area contributed by atoms with Crippen LogP contribution in [0.1, 0.15) is 62.1 Å². The molecule has 0 radical (unpaired) electrons. The van der Waals surface area contributed by atoms with Crippen LogP contribution in [0.3, 0.4) is 0 Å². The summed E-state index contributed by atoms with van der Waals surface area (Å²) in [5.74, 6) is 0.827. The minimum Gasteiger partial charge on any atom is -0.455 e. The van der Waals surface area contributed by atoms with Crippen LogP contribution in [0.15, 0.2) is 174 Å². The molecule has 9 heterocycles. The summed E-state index contributed by atoms with van der Waals surface area (Å²) in [7, 11) is 0. The Labute approximate surface area is 467 Å². The fourth-order valence-corrected chi connectivity index (χ4v) is 18.3. The van der Waals surface area contributed by atoms with Gasteiger partial charge in [-0.05, 0) is 107 Å². The standard InChI is InChI=1S/C77H48N4O/c1-37-24-26-40-44-14-7-18-50-65-58(81(71(44)50)61(40)36-37)33-28-42-41-27-32-57-66(70(41)77(3,4)69(42)65)51-19-10-17-49-64-56(80(57)74(49)51)31-25-38(2)62(64)47-15-11-23-55-63(47)48-16-9-21-53-68-60(79(55)73(48)53)35-30-46-45-29-34-59-67(75(45)82-76(46)68)52-20-8-13-43-39-12-5-6-22-54(39)78(59)72(43)52/h5-24,26-35,37-38H,25,36H2,1-4H3. The molecule has 0 aliphatic heterocycles. The summed E-state index contributed by atoms with van der Waals surface area (Å²) in [6, 6.07) is 62.9. The fraction of sp³-hybridized carbons (Fsp3) is 0.117. The Morgan fingerprint density at radius 1 is 0.415 bits per heavy atom. The summed E-state index contributed by atoms with van der Waals surface area (Å²) in [6.07, 6.45) is 9.37. The molecule has 382 valence electrons. The maximum atomic E-state index is 7.35. The highest BCUT2D eigenvalue weighted by atomic mass is 16.3. The van der Waals surface area contributed by atoms with Crippen LogP contribution in [0.25, 0.3) is 181 Å². The lowest BCUT2D eigenvalue weighted by Crippen LogP contribution is -2.33. The molecule has 82 heavy (non-hydrogen) atoms. The third kappa shape index (κ3) is 4.37. The molecule has 0 saturated heterocycles. The van der Waals surface area contributed by atoms with Crippen LogP contribution in [0, 0.1) is 11.8 Å². The van der Waals surface area contributed by atoms with E-state index >= 15 is 0 Å². The second kappa shape index (κ2) is 13.5. The van der Waals surface area contributed by atoms with Crippen molar-refractivity contribution in [2.24, 2.45) is 11.8 Å². The van der Waals surface area contributed by atoms with Crippen molar-refractivity contribution in [3.63, 3.8) is 0 Å². The molecule has 0 saturated carbocycles. The van der Waals surface area contributed by atoms with E-state index in [0.29, 0.717) is 11.8 Å². The highest BCUT2D eigenvalue weighted by Crippen LogP contribution is 2.58. The van der Waals surface area contributed by atoms with Crippen LogP contribution < -0.4 is 10.6 Å². The van der Waals surface area contributed by atoms with E-state index in [1.54, 1.807) is 0 Å². The van der Waals surface area contributed by atoms with E-state index in [1.165, 1.54) is 186 Å². The van der Waals surface area contributed by atoms with Gasteiger partial charge in [0.05, 0.1) is 71.3 Å². The summed E-state index contributed by atoms with van der Waals surface area (Å²) in [4.78, 5) is 0. The highest BCUT2D eigenvalue weighted by Gasteiger charge is 2.42. The molecule has 2 unspecified atom stereocenters. The molecule has 22 rings (SSSR count). The average molecular weight is 1050 g/mol. The van der Waals surface area contributed by atoms with Crippen LogP contribution in [0.2, 0.25) is 0 Å². The lowest BCUT2D eigenvalue weighted by Gasteiger charge is -2.24. The first-order chi connectivity index (χ1) is 40.3. The monoisotopic (exact) mass is 1040 g/mol. The van der Waals surface area contributed by atoms with Crippen LogP contribution in [0.4, 0.5) is 0 Å². The van der Waals surface area contributed by atoms with E-state index in [4.69, 9.17) is 4.42 Å². The summed E-state index contributed by atoms with van der Waals surface area (Å²) >= 11 is 0. The molecule has 9 aromatic heterocycles. The van der Waals surface area contributed by atoms with Crippen LogP contribution >= 0.6 is 0 Å². The van der Waals surface area contributed by atoms with Crippen LogP contribution in [-0.2, 0) is 11.8 Å². The number of furan rings is 1. The zero-order chi connectivity index (χ0) is 53.2. The van der Waals surface area contributed by atoms with E-state index in [-0.39, 0.29) is 5.41 Å². The number of rotatable bonds is 1. The Hall–Kier alpha value is -9.84. The molecule has 5 heteroatoms. The molecule has 19 aromatic rings. The Kier molecular flexibility index (Phi) is 6.92. The lowest BCUT2D eigenvalue weighted by atomic mass is 9.78. The molecule has 2 atom stereocenters. The zero-order valence-electron chi connectivity index (χ0n) is 45.6. The van der Waals surface area contributed by atoms with Crippen LogP contribution in [0.5, 0.6) is 0 Å². The number of fused-ring (bicyclic) bond motifs is 34. The first kappa shape index (κ1) is 42.1. The van der Waals surface area contributed by atoms with E-state index in [2.05, 4.69) is 227 Å². The van der Waals surface area contributed by atoms with Crippen molar-refractivity contribution in [1.29, 1.82) is 0 Å². The van der Waals surface area contributed by atoms with Gasteiger partial charge in [-0.25, -0.2) is 0 Å². The number of nitrogens with zero attached hydrogens (tertiary/aromatic N) is 4. The first-order valence-corrected chi connectivity index (χ1v) is 29.5. The molecule has 0 amide bonds. The summed E-state index contributed by atoms with van der Waals surface area (Å²) in [5.41, 5.74) is 25.8. The molecule has 3 aliphatic rings. The Morgan fingerprint density at radius 3 is 1.62 bits per heavy atom. The van der Waals surface area contributed by atoms with Crippen molar-refractivity contribution in [3.8, 4) is 11.1 Å². The van der Waals surface area contributed by atoms with Gasteiger partial charge >= 0.3 is 0 Å².